The molecule has 0 aliphatic carbocycles. The van der Waals surface area contributed by atoms with Gasteiger partial charge in [-0.25, -0.2) is 0 Å². The Morgan fingerprint density at radius 3 is 2.56 bits per heavy atom. The van der Waals surface area contributed by atoms with Crippen molar-refractivity contribution < 1.29 is 25.2 Å². The van der Waals surface area contributed by atoms with Crippen LogP contribution in [0.25, 0.3) is 0 Å². The van der Waals surface area contributed by atoms with Crippen molar-refractivity contribution in [2.45, 2.75) is 0 Å². The van der Waals surface area contributed by atoms with Crippen molar-refractivity contribution in [1.82, 2.24) is 0 Å². The normalized spacial score (nSPS) is 7.67. The van der Waals surface area contributed by atoms with Crippen LogP contribution in [-0.2, 0) is 20.4 Å². The molecule has 0 unspecified atom stereocenters. The van der Waals surface area contributed by atoms with E-state index in [2.05, 4.69) is 6.07 Å². The zero-order chi connectivity index (χ0) is 5.82. The number of hydrogen-bond donors (Lipinski definition) is 0. The van der Waals surface area contributed by atoms with Crippen LogP contribution in [0.1, 0.15) is 0 Å². The molecule has 0 saturated carbocycles. The smallest absolute Gasteiger partial charge is 0.0743 e. The fourth-order valence-corrected chi connectivity index (χ4v) is 0.504. The summed E-state index contributed by atoms with van der Waals surface area (Å²) in [5.74, 6) is 0.785. The summed E-state index contributed by atoms with van der Waals surface area (Å²) in [7, 11) is 1.63. The topological polar surface area (TPSA) is 9.23 Å². The molecule has 1 nitrogen and oxygen atoms in total. The summed E-state index contributed by atoms with van der Waals surface area (Å²) in [5, 5.41) is 0. The maximum absolute atomic E-state index is 4.86. The van der Waals surface area contributed by atoms with Gasteiger partial charge in [-0.1, -0.05) is 0 Å². The van der Waals surface area contributed by atoms with Crippen molar-refractivity contribution in [1.29, 1.82) is 0 Å². The average molecular weight is 214 g/mol. The molecule has 9 heavy (non-hydrogen) atoms. The van der Waals surface area contributed by atoms with Crippen LogP contribution < -0.4 is 4.74 Å². The van der Waals surface area contributed by atoms with Gasteiger partial charge in [0, 0.05) is 26.2 Å². The maximum atomic E-state index is 4.86. The van der Waals surface area contributed by atoms with Gasteiger partial charge >= 0.3 is 0 Å². The first-order chi connectivity index (χ1) is 3.93. The van der Waals surface area contributed by atoms with Gasteiger partial charge in [0.25, 0.3) is 0 Å². The second-order valence-electron chi connectivity index (χ2n) is 1.43. The molecule has 0 fully saturated rings. The molecule has 1 aromatic carbocycles. The monoisotopic (exact) mass is 213 g/mol. The van der Waals surface area contributed by atoms with Gasteiger partial charge in [-0.15, -0.1) is 12.1 Å². The van der Waals surface area contributed by atoms with E-state index in [-0.39, 0.29) is 20.4 Å². The van der Waals surface area contributed by atoms with E-state index in [1.165, 1.54) is 0 Å². The average Bonchev–Trinajstić information content (AvgIpc) is 1.90. The Morgan fingerprint density at radius 2 is 2.22 bits per heavy atom. The van der Waals surface area contributed by atoms with Crippen molar-refractivity contribution in [2.24, 2.45) is 0 Å². The summed E-state index contributed by atoms with van der Waals surface area (Å²) in [4.78, 5) is 0. The molecule has 0 heterocycles. The number of ether oxygens (including phenoxy) is 1. The largest absolute Gasteiger partial charge is 0.523 e. The van der Waals surface area contributed by atoms with E-state index in [0.717, 1.165) is 5.75 Å². The molecular formula is C7H7OPd-. The molecule has 0 aromatic heterocycles. The predicted octanol–water partition coefficient (Wildman–Crippen LogP) is 1.49. The van der Waals surface area contributed by atoms with E-state index in [1.807, 2.05) is 24.3 Å². The second kappa shape index (κ2) is 4.55. The molecule has 52 valence electrons. The Labute approximate surface area is 68.7 Å². The van der Waals surface area contributed by atoms with Gasteiger partial charge < -0.3 is 4.74 Å². The summed E-state index contributed by atoms with van der Waals surface area (Å²) >= 11 is 0. The van der Waals surface area contributed by atoms with E-state index < -0.39 is 0 Å². The van der Waals surface area contributed by atoms with Crippen LogP contribution in [0.4, 0.5) is 0 Å². The number of benzene rings is 1. The SMILES string of the molecule is COc1[c-]cccc1.[Pd]. The number of hydrogen-bond acceptors (Lipinski definition) is 1. The Balaban J connectivity index is 0.000000640. The first kappa shape index (κ1) is 8.68. The summed E-state index contributed by atoms with van der Waals surface area (Å²) in [6.07, 6.45) is 0. The molecule has 0 radical (unpaired) electrons. The number of methoxy groups -OCH3 is 1. The van der Waals surface area contributed by atoms with Gasteiger partial charge in [-0.3, -0.25) is 0 Å². The summed E-state index contributed by atoms with van der Waals surface area (Å²) < 4.78 is 4.86. The fraction of sp³-hybridized carbons (Fsp3) is 0.143. The molecule has 0 atom stereocenters. The van der Waals surface area contributed by atoms with Crippen LogP contribution in [-0.4, -0.2) is 7.11 Å². The first-order valence-electron chi connectivity index (χ1n) is 2.44. The molecule has 0 aliphatic heterocycles. The Hall–Kier alpha value is -0.318. The Morgan fingerprint density at radius 1 is 1.44 bits per heavy atom. The van der Waals surface area contributed by atoms with Crippen molar-refractivity contribution in [3.05, 3.63) is 30.3 Å². The van der Waals surface area contributed by atoms with Gasteiger partial charge in [0.15, 0.2) is 0 Å². The van der Waals surface area contributed by atoms with E-state index in [4.69, 9.17) is 4.74 Å². The van der Waals surface area contributed by atoms with Crippen molar-refractivity contribution in [3.8, 4) is 5.75 Å². The molecule has 0 aliphatic rings. The third-order valence-electron chi connectivity index (χ3n) is 0.900. The van der Waals surface area contributed by atoms with Crippen LogP contribution in [0.2, 0.25) is 0 Å². The van der Waals surface area contributed by atoms with Crippen LogP contribution in [0, 0.1) is 6.07 Å². The minimum atomic E-state index is 0. The van der Waals surface area contributed by atoms with Crippen LogP contribution in [0.5, 0.6) is 5.75 Å². The molecule has 0 N–H and O–H groups in total. The van der Waals surface area contributed by atoms with Crippen LogP contribution in [0.15, 0.2) is 24.3 Å². The standard InChI is InChI=1S/C7H7O.Pd/c1-8-7-5-3-2-4-6-7;/h2-5H,1H3;/q-1;. The predicted molar refractivity (Wildman–Crippen MR) is 31.8 cm³/mol. The zero-order valence-electron chi connectivity index (χ0n) is 5.03. The third kappa shape index (κ3) is 2.65. The molecule has 0 amide bonds. The van der Waals surface area contributed by atoms with Crippen molar-refractivity contribution in [2.75, 3.05) is 7.11 Å². The van der Waals surface area contributed by atoms with Gasteiger partial charge in [0.1, 0.15) is 0 Å². The van der Waals surface area contributed by atoms with E-state index in [9.17, 15) is 0 Å². The zero-order valence-corrected chi connectivity index (χ0v) is 6.59. The quantitative estimate of drug-likeness (QED) is 0.507. The molecule has 0 spiro atoms. The molecule has 1 aromatic rings. The van der Waals surface area contributed by atoms with Gasteiger partial charge in [0.2, 0.25) is 0 Å². The molecule has 0 bridgehead atoms. The van der Waals surface area contributed by atoms with Gasteiger partial charge in [-0.05, 0) is 0 Å². The molecule has 2 heteroatoms. The first-order valence-corrected chi connectivity index (χ1v) is 2.44. The third-order valence-corrected chi connectivity index (χ3v) is 0.900. The van der Waals surface area contributed by atoms with Crippen molar-refractivity contribution >= 4 is 0 Å². The Kier molecular flexibility index (Phi) is 4.39. The molecule has 1 rings (SSSR count). The second-order valence-corrected chi connectivity index (χ2v) is 1.43. The summed E-state index contributed by atoms with van der Waals surface area (Å²) in [6, 6.07) is 10.4. The number of para-hydroxylation sites is 1. The maximum Gasteiger partial charge on any atom is 0.0743 e. The summed E-state index contributed by atoms with van der Waals surface area (Å²) in [6.45, 7) is 0. The number of rotatable bonds is 1. The van der Waals surface area contributed by atoms with E-state index >= 15 is 0 Å². The Bertz CT molecular complexity index is 150. The van der Waals surface area contributed by atoms with E-state index in [1.54, 1.807) is 7.11 Å². The van der Waals surface area contributed by atoms with E-state index in [0.29, 0.717) is 0 Å². The van der Waals surface area contributed by atoms with Gasteiger partial charge in [0.05, 0.1) is 7.11 Å². The van der Waals surface area contributed by atoms with Gasteiger partial charge in [-0.2, -0.15) is 18.2 Å². The summed E-state index contributed by atoms with van der Waals surface area (Å²) in [5.41, 5.74) is 0. The van der Waals surface area contributed by atoms with Crippen LogP contribution >= 0.6 is 0 Å². The van der Waals surface area contributed by atoms with Crippen LogP contribution in [0.3, 0.4) is 0 Å². The fourth-order valence-electron chi connectivity index (χ4n) is 0.504. The van der Waals surface area contributed by atoms with Crippen molar-refractivity contribution in [3.63, 3.8) is 0 Å². The minimum absolute atomic E-state index is 0. The molecule has 0 saturated heterocycles. The minimum Gasteiger partial charge on any atom is -0.523 e. The molecular weight excluding hydrogens is 206 g/mol.